The van der Waals surface area contributed by atoms with Crippen molar-refractivity contribution in [2.24, 2.45) is 5.11 Å². The van der Waals surface area contributed by atoms with Crippen LogP contribution in [0.3, 0.4) is 0 Å². The molecule has 2 aromatic rings. The number of likely N-dealkylation sites (tertiary alicyclic amines) is 1. The summed E-state index contributed by atoms with van der Waals surface area (Å²) in [5.74, 6) is 1.28. The molecule has 3 atom stereocenters. The predicted octanol–water partition coefficient (Wildman–Crippen LogP) is 4.59. The third-order valence-corrected chi connectivity index (χ3v) is 5.26. The Morgan fingerprint density at radius 3 is 2.26 bits per heavy atom. The highest BCUT2D eigenvalue weighted by atomic mass is 16.6. The van der Waals surface area contributed by atoms with Gasteiger partial charge in [0, 0.05) is 18.0 Å². The maximum absolute atomic E-state index is 12.8. The van der Waals surface area contributed by atoms with Gasteiger partial charge in [-0.05, 0) is 50.6 Å². The van der Waals surface area contributed by atoms with Gasteiger partial charge in [0.05, 0.1) is 29.6 Å². The number of azide groups is 1. The molecule has 162 valence electrons. The summed E-state index contributed by atoms with van der Waals surface area (Å²) >= 11 is 0. The molecule has 31 heavy (non-hydrogen) atoms. The van der Waals surface area contributed by atoms with E-state index in [-0.39, 0.29) is 13.1 Å². The molecule has 2 heterocycles. The summed E-state index contributed by atoms with van der Waals surface area (Å²) in [4.78, 5) is 19.2. The summed E-state index contributed by atoms with van der Waals surface area (Å²) < 4.78 is 11.6. The third-order valence-electron chi connectivity index (χ3n) is 5.26. The van der Waals surface area contributed by atoms with E-state index in [1.165, 1.54) is 4.90 Å². The van der Waals surface area contributed by atoms with E-state index in [0.29, 0.717) is 11.5 Å². The van der Waals surface area contributed by atoms with Gasteiger partial charge in [0.15, 0.2) is 11.5 Å². The zero-order valence-electron chi connectivity index (χ0n) is 17.7. The van der Waals surface area contributed by atoms with Crippen LogP contribution in [-0.2, 0) is 4.74 Å². The fourth-order valence-electron chi connectivity index (χ4n) is 3.97. The molecule has 2 aliphatic heterocycles. The van der Waals surface area contributed by atoms with Gasteiger partial charge in [-0.25, -0.2) is 4.79 Å². The summed E-state index contributed by atoms with van der Waals surface area (Å²) in [5, 5.41) is 14.9. The molecule has 0 saturated carbocycles. The highest BCUT2D eigenvalue weighted by molar-refractivity contribution is 5.79. The number of piperidine rings is 1. The number of hydrogen-bond donors (Lipinski definition) is 1. The third kappa shape index (κ3) is 4.10. The van der Waals surface area contributed by atoms with Crippen LogP contribution in [0, 0.1) is 0 Å². The number of benzene rings is 2. The number of rotatable bonds is 2. The molecule has 1 amide bonds. The fourth-order valence-corrected chi connectivity index (χ4v) is 3.97. The fraction of sp³-hybridized carbons (Fsp3) is 0.409. The lowest BCUT2D eigenvalue weighted by atomic mass is 9.94. The molecule has 9 nitrogen and oxygen atoms in total. The van der Waals surface area contributed by atoms with E-state index in [1.807, 2.05) is 53.4 Å². The Hall–Kier alpha value is -3.42. The van der Waals surface area contributed by atoms with Gasteiger partial charge >= 0.3 is 6.09 Å². The van der Waals surface area contributed by atoms with Crippen LogP contribution in [-0.4, -0.2) is 53.0 Å². The Kier molecular flexibility index (Phi) is 5.39. The lowest BCUT2D eigenvalue weighted by molar-refractivity contribution is -0.00122. The maximum atomic E-state index is 12.8. The second kappa shape index (κ2) is 8.02. The number of aliphatic hydroxyl groups is 1. The number of carbonyl (C=O) groups excluding carboxylic acids is 1. The summed E-state index contributed by atoms with van der Waals surface area (Å²) in [7, 11) is 0. The highest BCUT2D eigenvalue weighted by Gasteiger charge is 2.44. The molecule has 0 spiro atoms. The molecule has 0 aromatic heterocycles. The van der Waals surface area contributed by atoms with Crippen molar-refractivity contribution in [3.05, 3.63) is 59.0 Å². The lowest BCUT2D eigenvalue weighted by Crippen LogP contribution is -2.61. The van der Waals surface area contributed by atoms with Crippen LogP contribution >= 0.6 is 0 Å². The number of para-hydroxylation sites is 4. The Morgan fingerprint density at radius 1 is 1.13 bits per heavy atom. The standard InChI is InChI=1S/C22H25N5O4/c1-22(2,3)31-21(29)26-12-14(24-25-23)20(28)17(13-26)27-15-8-4-6-10-18(15)30-19-11-7-5-9-16(19)27/h4-11,14,17,20,28H,12-13H2,1-3H3/t14-,17-,20+/m1/s1. The molecule has 9 heteroatoms. The van der Waals surface area contributed by atoms with Crippen molar-refractivity contribution in [1.29, 1.82) is 0 Å². The highest BCUT2D eigenvalue weighted by Crippen LogP contribution is 2.48. The van der Waals surface area contributed by atoms with Gasteiger partial charge in [0.2, 0.25) is 0 Å². The number of carbonyl (C=O) groups is 1. The first-order valence-corrected chi connectivity index (χ1v) is 10.1. The summed E-state index contributed by atoms with van der Waals surface area (Å²) in [6.07, 6.45) is -1.52. The Labute approximate surface area is 180 Å². The number of hydrogen-bond acceptors (Lipinski definition) is 6. The van der Waals surface area contributed by atoms with E-state index < -0.39 is 29.9 Å². The smallest absolute Gasteiger partial charge is 0.410 e. The first-order valence-electron chi connectivity index (χ1n) is 10.1. The van der Waals surface area contributed by atoms with Crippen molar-refractivity contribution in [1.82, 2.24) is 4.90 Å². The molecule has 2 aromatic carbocycles. The largest absolute Gasteiger partial charge is 0.453 e. The number of ether oxygens (including phenoxy) is 2. The molecule has 1 N–H and O–H groups in total. The van der Waals surface area contributed by atoms with E-state index in [2.05, 4.69) is 10.0 Å². The van der Waals surface area contributed by atoms with Crippen molar-refractivity contribution in [2.75, 3.05) is 18.0 Å². The van der Waals surface area contributed by atoms with Crippen LogP contribution in [0.4, 0.5) is 16.2 Å². The average Bonchev–Trinajstić information content (AvgIpc) is 2.72. The Bertz CT molecular complexity index is 985. The van der Waals surface area contributed by atoms with Crippen LogP contribution in [0.2, 0.25) is 0 Å². The molecule has 0 bridgehead atoms. The molecule has 4 rings (SSSR count). The van der Waals surface area contributed by atoms with Gasteiger partial charge in [-0.15, -0.1) is 0 Å². The quantitative estimate of drug-likeness (QED) is 0.431. The second-order valence-corrected chi connectivity index (χ2v) is 8.62. The first-order chi connectivity index (χ1) is 14.8. The molecule has 0 aliphatic carbocycles. The van der Waals surface area contributed by atoms with Gasteiger partial charge < -0.3 is 24.4 Å². The van der Waals surface area contributed by atoms with E-state index in [1.54, 1.807) is 20.8 Å². The Morgan fingerprint density at radius 2 is 1.71 bits per heavy atom. The minimum atomic E-state index is -1.01. The normalized spacial score (nSPS) is 22.5. The molecule has 1 saturated heterocycles. The molecule has 2 aliphatic rings. The molecule has 0 radical (unpaired) electrons. The van der Waals surface area contributed by atoms with Gasteiger partial charge in [-0.2, -0.15) is 0 Å². The number of fused-ring (bicyclic) bond motifs is 2. The van der Waals surface area contributed by atoms with E-state index in [0.717, 1.165) is 11.4 Å². The minimum absolute atomic E-state index is 0.0737. The monoisotopic (exact) mass is 423 g/mol. The molecule has 0 unspecified atom stereocenters. The van der Waals surface area contributed by atoms with Crippen molar-refractivity contribution >= 4 is 17.5 Å². The van der Waals surface area contributed by atoms with Crippen molar-refractivity contribution in [3.63, 3.8) is 0 Å². The number of nitrogens with zero attached hydrogens (tertiary/aromatic N) is 5. The van der Waals surface area contributed by atoms with Gasteiger partial charge in [-0.3, -0.25) is 0 Å². The van der Waals surface area contributed by atoms with Crippen LogP contribution in [0.1, 0.15) is 20.8 Å². The van der Waals surface area contributed by atoms with Gasteiger partial charge in [0.25, 0.3) is 0 Å². The summed E-state index contributed by atoms with van der Waals surface area (Å²) in [6, 6.07) is 13.6. The summed E-state index contributed by atoms with van der Waals surface area (Å²) in [6.45, 7) is 5.64. The summed E-state index contributed by atoms with van der Waals surface area (Å²) in [5.41, 5.74) is 9.89. The van der Waals surface area contributed by atoms with E-state index in [9.17, 15) is 9.90 Å². The second-order valence-electron chi connectivity index (χ2n) is 8.62. The number of anilines is 2. The van der Waals surface area contributed by atoms with Gasteiger partial charge in [0.1, 0.15) is 5.60 Å². The number of amides is 1. The number of aliphatic hydroxyl groups excluding tert-OH is 1. The lowest BCUT2D eigenvalue weighted by Gasteiger charge is -2.47. The van der Waals surface area contributed by atoms with Crippen molar-refractivity contribution in [2.45, 2.75) is 44.6 Å². The van der Waals surface area contributed by atoms with Crippen LogP contribution in [0.15, 0.2) is 53.6 Å². The SMILES string of the molecule is CC(C)(C)OC(=O)N1C[C@@H](N2c3ccccc3Oc3ccccc32)[C@@H](O)[C@H](N=[N+]=[N-])C1. The van der Waals surface area contributed by atoms with Crippen LogP contribution in [0.25, 0.3) is 10.4 Å². The average molecular weight is 423 g/mol. The van der Waals surface area contributed by atoms with Crippen molar-refractivity contribution < 1.29 is 19.4 Å². The zero-order valence-corrected chi connectivity index (χ0v) is 17.7. The van der Waals surface area contributed by atoms with E-state index in [4.69, 9.17) is 15.0 Å². The van der Waals surface area contributed by atoms with Crippen LogP contribution in [0.5, 0.6) is 11.5 Å². The molecular formula is C22H25N5O4. The first kappa shape index (κ1) is 20.8. The van der Waals surface area contributed by atoms with Gasteiger partial charge in [-0.1, -0.05) is 29.4 Å². The van der Waals surface area contributed by atoms with E-state index >= 15 is 0 Å². The Balaban J connectivity index is 1.76. The predicted molar refractivity (Wildman–Crippen MR) is 116 cm³/mol. The topological polar surface area (TPSA) is 111 Å². The molecule has 1 fully saturated rings. The zero-order chi connectivity index (χ0) is 22.2. The minimum Gasteiger partial charge on any atom is -0.453 e. The maximum Gasteiger partial charge on any atom is 0.410 e. The molecular weight excluding hydrogens is 398 g/mol. The van der Waals surface area contributed by atoms with Crippen molar-refractivity contribution in [3.8, 4) is 11.5 Å². The van der Waals surface area contributed by atoms with Crippen LogP contribution < -0.4 is 9.64 Å².